The van der Waals surface area contributed by atoms with Crippen molar-refractivity contribution in [2.24, 2.45) is 0 Å². The molecule has 0 saturated heterocycles. The van der Waals surface area contributed by atoms with Gasteiger partial charge in [0.2, 0.25) is 5.91 Å². The van der Waals surface area contributed by atoms with Crippen LogP contribution in [0.25, 0.3) is 10.8 Å². The van der Waals surface area contributed by atoms with Gasteiger partial charge < -0.3 is 9.47 Å². The molecule has 0 bridgehead atoms. The van der Waals surface area contributed by atoms with Crippen molar-refractivity contribution in [3.8, 4) is 17.9 Å². The Bertz CT molecular complexity index is 1260. The van der Waals surface area contributed by atoms with Gasteiger partial charge in [0.1, 0.15) is 11.9 Å². The fraction of sp³-hybridized carbons (Fsp3) is 0.412. The fourth-order valence-electron chi connectivity index (χ4n) is 3.61. The highest BCUT2D eigenvalue weighted by molar-refractivity contribution is 6.19. The average Bonchev–Trinajstić information content (AvgIpc) is 3.01. The molecule has 0 radical (unpaired) electrons. The van der Waals surface area contributed by atoms with Crippen molar-refractivity contribution in [2.75, 3.05) is 18.6 Å². The summed E-state index contributed by atoms with van der Waals surface area (Å²) in [6.45, 7) is 14.1. The van der Waals surface area contributed by atoms with E-state index in [4.69, 9.17) is 14.7 Å². The van der Waals surface area contributed by atoms with E-state index < -0.39 is 6.10 Å². The normalized spacial score (nSPS) is 9.80. The number of methoxy groups -OCH3 is 1. The molecule has 0 N–H and O–H groups in total. The van der Waals surface area contributed by atoms with E-state index in [1.54, 1.807) is 36.4 Å². The van der Waals surface area contributed by atoms with Crippen LogP contribution in [0.2, 0.25) is 0 Å². The first-order chi connectivity index (χ1) is 19.4. The van der Waals surface area contributed by atoms with E-state index in [1.165, 1.54) is 14.0 Å². The summed E-state index contributed by atoms with van der Waals surface area (Å²) in [6, 6.07) is 21.8. The highest BCUT2D eigenvalue weighted by atomic mass is 16.5. The lowest BCUT2D eigenvalue weighted by atomic mass is 10.0. The van der Waals surface area contributed by atoms with E-state index in [9.17, 15) is 14.9 Å². The quantitative estimate of drug-likeness (QED) is 0.273. The summed E-state index contributed by atoms with van der Waals surface area (Å²) in [5.41, 5.74) is 1.64. The van der Waals surface area contributed by atoms with E-state index in [-0.39, 0.29) is 19.2 Å². The summed E-state index contributed by atoms with van der Waals surface area (Å²) in [7, 11) is 1.47. The molecule has 3 aromatic carbocycles. The van der Waals surface area contributed by atoms with Gasteiger partial charge in [-0.2, -0.15) is 10.5 Å². The van der Waals surface area contributed by atoms with Crippen molar-refractivity contribution in [2.45, 2.75) is 81.3 Å². The Labute approximate surface area is 247 Å². The van der Waals surface area contributed by atoms with Crippen LogP contribution in [0.1, 0.15) is 86.3 Å². The number of nitrogens with zero attached hydrogens (tertiary/aromatic N) is 3. The first kappa shape index (κ1) is 38.9. The zero-order valence-corrected chi connectivity index (χ0v) is 25.2. The van der Waals surface area contributed by atoms with Crippen LogP contribution in [-0.2, 0) is 14.3 Å². The Hall–Kier alpha value is -4.20. The number of hydrogen-bond donors (Lipinski definition) is 0. The summed E-state index contributed by atoms with van der Waals surface area (Å²) < 4.78 is 10.6. The van der Waals surface area contributed by atoms with Crippen LogP contribution < -0.4 is 9.64 Å². The second-order valence-corrected chi connectivity index (χ2v) is 7.98. The number of ether oxygens (including phenoxy) is 2. The largest absolute Gasteiger partial charge is 0.494 e. The maximum atomic E-state index is 12.8. The molecule has 1 atom stereocenters. The highest BCUT2D eigenvalue weighted by Gasteiger charge is 2.29. The Kier molecular flexibility index (Phi) is 21.5. The number of carbonyl (C=O) groups excluding carboxylic acids is 2. The molecule has 0 fully saturated rings. The van der Waals surface area contributed by atoms with E-state index in [1.807, 2.05) is 58.9 Å². The standard InChI is InChI=1S/C19H20N2O3.C10H11NO.2C2H6.CH4/c1-4-7-18(24-3)19(23)21(13(2)22)17-11-10-14(12-20)15-8-5-6-9-16(15)17;1-2-7-12-10-5-3-9(8-11)4-6-10;2*1-2;/h5-6,8-11,18H,4,7H2,1-3H3;3-6H,2,7H2,1H3;2*1-2H3;1H4. The van der Waals surface area contributed by atoms with Crippen LogP contribution in [-0.4, -0.2) is 31.6 Å². The third kappa shape index (κ3) is 11.8. The summed E-state index contributed by atoms with van der Waals surface area (Å²) in [4.78, 5) is 26.2. The number of benzene rings is 3. The molecule has 0 aromatic heterocycles. The zero-order valence-electron chi connectivity index (χ0n) is 25.2. The topological polar surface area (TPSA) is 103 Å². The molecule has 41 heavy (non-hydrogen) atoms. The van der Waals surface area contributed by atoms with Gasteiger partial charge in [-0.3, -0.25) is 9.59 Å². The molecule has 7 nitrogen and oxygen atoms in total. The zero-order chi connectivity index (χ0) is 30.5. The predicted molar refractivity (Wildman–Crippen MR) is 169 cm³/mol. The summed E-state index contributed by atoms with van der Waals surface area (Å²) in [5, 5.41) is 19.2. The highest BCUT2D eigenvalue weighted by Crippen LogP contribution is 2.30. The molecule has 0 heterocycles. The van der Waals surface area contributed by atoms with Crippen molar-refractivity contribution in [1.29, 1.82) is 10.5 Å². The first-order valence-corrected chi connectivity index (χ1v) is 13.8. The third-order valence-electron chi connectivity index (χ3n) is 5.36. The SMILES string of the molecule is C.CC.CC.CCCC(OC)C(=O)N(C(C)=O)c1ccc(C#N)c2ccccc12.CCCOc1ccc(C#N)cc1. The maximum absolute atomic E-state index is 12.8. The average molecular weight is 562 g/mol. The number of carbonyl (C=O) groups is 2. The van der Waals surface area contributed by atoms with Gasteiger partial charge in [0.15, 0.2) is 0 Å². The monoisotopic (exact) mass is 561 g/mol. The van der Waals surface area contributed by atoms with Crippen LogP contribution in [0, 0.1) is 22.7 Å². The Morgan fingerprint density at radius 1 is 0.854 bits per heavy atom. The van der Waals surface area contributed by atoms with Gasteiger partial charge in [-0.25, -0.2) is 4.90 Å². The van der Waals surface area contributed by atoms with Crippen LogP contribution in [0.15, 0.2) is 60.7 Å². The molecule has 7 heteroatoms. The molecule has 3 aromatic rings. The lowest BCUT2D eigenvalue weighted by Crippen LogP contribution is -2.43. The molecule has 2 amide bonds. The summed E-state index contributed by atoms with van der Waals surface area (Å²) >= 11 is 0. The van der Waals surface area contributed by atoms with Crippen molar-refractivity contribution in [1.82, 2.24) is 0 Å². The molecular weight excluding hydrogens is 514 g/mol. The molecule has 3 rings (SSSR count). The van der Waals surface area contributed by atoms with E-state index in [0.29, 0.717) is 34.0 Å². The van der Waals surface area contributed by atoms with Gasteiger partial charge in [0.05, 0.1) is 35.6 Å². The Morgan fingerprint density at radius 2 is 1.44 bits per heavy atom. The minimum atomic E-state index is -0.673. The summed E-state index contributed by atoms with van der Waals surface area (Å²) in [5.74, 6) is 0.0607. The number of nitriles is 2. The second-order valence-electron chi connectivity index (χ2n) is 7.98. The molecule has 0 aliphatic carbocycles. The van der Waals surface area contributed by atoms with Crippen LogP contribution in [0.3, 0.4) is 0 Å². The molecule has 1 unspecified atom stereocenters. The van der Waals surface area contributed by atoms with E-state index in [2.05, 4.69) is 19.1 Å². The molecule has 0 spiro atoms. The lowest BCUT2D eigenvalue weighted by molar-refractivity contribution is -0.132. The number of fused-ring (bicyclic) bond motifs is 1. The van der Waals surface area contributed by atoms with Gasteiger partial charge in [-0.1, -0.05) is 79.7 Å². The van der Waals surface area contributed by atoms with Crippen LogP contribution in [0.5, 0.6) is 5.75 Å². The molecule has 0 aliphatic rings. The first-order valence-electron chi connectivity index (χ1n) is 13.8. The van der Waals surface area contributed by atoms with Crippen molar-refractivity contribution in [3.05, 3.63) is 71.8 Å². The van der Waals surface area contributed by atoms with Crippen molar-refractivity contribution in [3.63, 3.8) is 0 Å². The van der Waals surface area contributed by atoms with Gasteiger partial charge in [0.25, 0.3) is 5.91 Å². The van der Waals surface area contributed by atoms with E-state index in [0.717, 1.165) is 30.1 Å². The fourth-order valence-corrected chi connectivity index (χ4v) is 3.61. The van der Waals surface area contributed by atoms with Gasteiger partial charge in [-0.05, 0) is 49.2 Å². The molecule has 0 aliphatic heterocycles. The maximum Gasteiger partial charge on any atom is 0.262 e. The molecule has 0 saturated carbocycles. The molecular formula is C34H47N3O4. The number of rotatable bonds is 8. The second kappa shape index (κ2) is 22.6. The minimum Gasteiger partial charge on any atom is -0.494 e. The molecule has 222 valence electrons. The van der Waals surface area contributed by atoms with Crippen LogP contribution >= 0.6 is 0 Å². The van der Waals surface area contributed by atoms with Crippen molar-refractivity contribution < 1.29 is 19.1 Å². The van der Waals surface area contributed by atoms with E-state index >= 15 is 0 Å². The number of hydrogen-bond acceptors (Lipinski definition) is 6. The minimum absolute atomic E-state index is 0. The van der Waals surface area contributed by atoms with Gasteiger partial charge in [-0.15, -0.1) is 0 Å². The number of imide groups is 1. The third-order valence-corrected chi connectivity index (χ3v) is 5.36. The number of amides is 2. The Balaban J connectivity index is 0. The van der Waals surface area contributed by atoms with Crippen LogP contribution in [0.4, 0.5) is 5.69 Å². The number of anilines is 1. The van der Waals surface area contributed by atoms with Gasteiger partial charge >= 0.3 is 0 Å². The summed E-state index contributed by atoms with van der Waals surface area (Å²) in [6.07, 6.45) is 1.63. The predicted octanol–water partition coefficient (Wildman–Crippen LogP) is 8.44. The van der Waals surface area contributed by atoms with Gasteiger partial charge in [0, 0.05) is 24.8 Å². The van der Waals surface area contributed by atoms with Crippen molar-refractivity contribution >= 4 is 28.3 Å². The smallest absolute Gasteiger partial charge is 0.262 e. The Morgan fingerprint density at radius 3 is 1.90 bits per heavy atom. The lowest BCUT2D eigenvalue weighted by Gasteiger charge is -2.25.